The Kier molecular flexibility index (Phi) is 4.77. The van der Waals surface area contributed by atoms with E-state index in [0.29, 0.717) is 17.9 Å². The zero-order chi connectivity index (χ0) is 7.28. The van der Waals surface area contributed by atoms with Crippen molar-refractivity contribution in [3.63, 3.8) is 0 Å². The summed E-state index contributed by atoms with van der Waals surface area (Å²) in [6.45, 7) is 4.52. The Morgan fingerprint density at radius 2 is 2.22 bits per heavy atom. The quantitative estimate of drug-likeness (QED) is 0.504. The zero-order valence-electron chi connectivity index (χ0n) is 5.69. The number of carbonyl (C=O) groups excluding carboxylic acids is 1. The predicted octanol–water partition coefficient (Wildman–Crippen LogP) is 1.58. The first-order chi connectivity index (χ1) is 4.16. The standard InChI is InChI=1S/C6H11BrO2/c1-5(2)4-9-6(8)3-7/h5H,3-4H2,1-2H3. The van der Waals surface area contributed by atoms with E-state index in [4.69, 9.17) is 4.74 Å². The number of rotatable bonds is 3. The van der Waals surface area contributed by atoms with Crippen LogP contribution < -0.4 is 0 Å². The van der Waals surface area contributed by atoms with Gasteiger partial charge in [0.2, 0.25) is 0 Å². The molecule has 9 heavy (non-hydrogen) atoms. The van der Waals surface area contributed by atoms with Crippen LogP contribution in [0, 0.1) is 5.92 Å². The highest BCUT2D eigenvalue weighted by molar-refractivity contribution is 9.09. The highest BCUT2D eigenvalue weighted by Gasteiger charge is 1.99. The average molecular weight is 195 g/mol. The lowest BCUT2D eigenvalue weighted by atomic mass is 10.2. The first-order valence-electron chi connectivity index (χ1n) is 2.88. The van der Waals surface area contributed by atoms with Crippen LogP contribution >= 0.6 is 15.9 Å². The van der Waals surface area contributed by atoms with Crippen LogP contribution in [0.4, 0.5) is 0 Å². The van der Waals surface area contributed by atoms with Gasteiger partial charge in [-0.05, 0) is 5.92 Å². The molecular weight excluding hydrogens is 184 g/mol. The van der Waals surface area contributed by atoms with Gasteiger partial charge >= 0.3 is 5.97 Å². The van der Waals surface area contributed by atoms with Crippen LogP contribution in [0.15, 0.2) is 0 Å². The molecule has 0 amide bonds. The van der Waals surface area contributed by atoms with Crippen LogP contribution in [-0.4, -0.2) is 17.9 Å². The van der Waals surface area contributed by atoms with Crippen LogP contribution in [0.2, 0.25) is 0 Å². The largest absolute Gasteiger partial charge is 0.465 e. The molecule has 0 aliphatic carbocycles. The van der Waals surface area contributed by atoms with E-state index in [9.17, 15) is 4.79 Å². The Hall–Kier alpha value is -0.0500. The van der Waals surface area contributed by atoms with Crippen LogP contribution in [0.25, 0.3) is 0 Å². The molecule has 54 valence electrons. The van der Waals surface area contributed by atoms with Gasteiger partial charge in [-0.1, -0.05) is 29.8 Å². The second-order valence-corrected chi connectivity index (χ2v) is 2.77. The monoisotopic (exact) mass is 194 g/mol. The number of esters is 1. The van der Waals surface area contributed by atoms with Gasteiger partial charge in [0.25, 0.3) is 0 Å². The first-order valence-corrected chi connectivity index (χ1v) is 4.00. The molecule has 0 saturated heterocycles. The third-order valence-corrected chi connectivity index (χ3v) is 1.14. The molecule has 0 radical (unpaired) electrons. The fourth-order valence-corrected chi connectivity index (χ4v) is 0.460. The lowest BCUT2D eigenvalue weighted by Gasteiger charge is -2.03. The molecule has 0 rings (SSSR count). The van der Waals surface area contributed by atoms with Gasteiger partial charge in [-0.15, -0.1) is 0 Å². The van der Waals surface area contributed by atoms with Crippen molar-refractivity contribution in [2.75, 3.05) is 11.9 Å². The van der Waals surface area contributed by atoms with Gasteiger partial charge in [0.1, 0.15) is 5.33 Å². The molecular formula is C6H11BrO2. The number of alkyl halides is 1. The van der Waals surface area contributed by atoms with Gasteiger partial charge in [-0.25, -0.2) is 0 Å². The smallest absolute Gasteiger partial charge is 0.316 e. The lowest BCUT2D eigenvalue weighted by Crippen LogP contribution is -2.10. The maximum Gasteiger partial charge on any atom is 0.316 e. The fourth-order valence-electron chi connectivity index (χ4n) is 0.298. The average Bonchev–Trinajstić information content (AvgIpc) is 1.83. The Morgan fingerprint density at radius 3 is 2.56 bits per heavy atom. The van der Waals surface area contributed by atoms with E-state index in [2.05, 4.69) is 15.9 Å². The van der Waals surface area contributed by atoms with Crippen LogP contribution in [0.3, 0.4) is 0 Å². The Labute approximate surface area is 63.7 Å². The molecule has 0 bridgehead atoms. The topological polar surface area (TPSA) is 26.3 Å². The van der Waals surface area contributed by atoms with Crippen molar-refractivity contribution in [1.29, 1.82) is 0 Å². The molecule has 0 aliphatic rings. The lowest BCUT2D eigenvalue weighted by molar-refractivity contribution is -0.141. The van der Waals surface area contributed by atoms with Gasteiger partial charge < -0.3 is 4.74 Å². The fraction of sp³-hybridized carbons (Fsp3) is 0.833. The molecule has 0 atom stereocenters. The molecule has 0 aromatic rings. The molecule has 0 aliphatic heterocycles. The van der Waals surface area contributed by atoms with Crippen LogP contribution in [-0.2, 0) is 9.53 Å². The highest BCUT2D eigenvalue weighted by atomic mass is 79.9. The van der Waals surface area contributed by atoms with Crippen molar-refractivity contribution in [3.8, 4) is 0 Å². The third kappa shape index (κ3) is 5.83. The summed E-state index contributed by atoms with van der Waals surface area (Å²) in [6.07, 6.45) is 0. The maximum atomic E-state index is 10.4. The number of carbonyl (C=O) groups is 1. The highest BCUT2D eigenvalue weighted by Crippen LogP contribution is 1.93. The van der Waals surface area contributed by atoms with E-state index < -0.39 is 0 Å². The summed E-state index contributed by atoms with van der Waals surface area (Å²) in [5.41, 5.74) is 0. The maximum absolute atomic E-state index is 10.4. The van der Waals surface area contributed by atoms with Crippen LogP contribution in [0.1, 0.15) is 13.8 Å². The summed E-state index contributed by atoms with van der Waals surface area (Å²) in [7, 11) is 0. The van der Waals surface area contributed by atoms with Crippen molar-refractivity contribution < 1.29 is 9.53 Å². The van der Waals surface area contributed by atoms with Crippen molar-refractivity contribution in [2.45, 2.75) is 13.8 Å². The SMILES string of the molecule is CC(C)COC(=O)CBr. The second kappa shape index (κ2) is 4.79. The number of ether oxygens (including phenoxy) is 1. The number of halogens is 1. The molecule has 0 fully saturated rings. The molecule has 0 heterocycles. The zero-order valence-corrected chi connectivity index (χ0v) is 7.27. The van der Waals surface area contributed by atoms with Crippen molar-refractivity contribution in [3.05, 3.63) is 0 Å². The summed E-state index contributed by atoms with van der Waals surface area (Å²) >= 11 is 2.99. The van der Waals surface area contributed by atoms with Gasteiger partial charge in [0, 0.05) is 0 Å². The van der Waals surface area contributed by atoms with E-state index in [1.165, 1.54) is 0 Å². The molecule has 0 N–H and O–H groups in total. The summed E-state index contributed by atoms with van der Waals surface area (Å²) in [6, 6.07) is 0. The summed E-state index contributed by atoms with van der Waals surface area (Å²) < 4.78 is 4.77. The van der Waals surface area contributed by atoms with E-state index in [0.717, 1.165) is 0 Å². The van der Waals surface area contributed by atoms with E-state index in [1.54, 1.807) is 0 Å². The van der Waals surface area contributed by atoms with Crippen molar-refractivity contribution in [1.82, 2.24) is 0 Å². The van der Waals surface area contributed by atoms with Gasteiger partial charge in [-0.3, -0.25) is 4.79 Å². The predicted molar refractivity (Wildman–Crippen MR) is 39.6 cm³/mol. The first kappa shape index (κ1) is 8.95. The molecule has 2 nitrogen and oxygen atoms in total. The van der Waals surface area contributed by atoms with Gasteiger partial charge in [0.15, 0.2) is 0 Å². The Morgan fingerprint density at radius 1 is 1.67 bits per heavy atom. The number of hydrogen-bond donors (Lipinski definition) is 0. The molecule has 0 aromatic heterocycles. The molecule has 0 aromatic carbocycles. The molecule has 0 spiro atoms. The van der Waals surface area contributed by atoms with Crippen molar-refractivity contribution in [2.24, 2.45) is 5.92 Å². The molecule has 0 saturated carbocycles. The summed E-state index contributed by atoms with van der Waals surface area (Å²) in [5.74, 6) is 0.233. The van der Waals surface area contributed by atoms with Gasteiger partial charge in [0.05, 0.1) is 6.61 Å². The molecule has 0 unspecified atom stereocenters. The molecule has 3 heteroatoms. The van der Waals surface area contributed by atoms with E-state index >= 15 is 0 Å². The Bertz CT molecular complexity index is 91.1. The van der Waals surface area contributed by atoms with E-state index in [1.807, 2.05) is 13.8 Å². The normalized spacial score (nSPS) is 9.78. The number of hydrogen-bond acceptors (Lipinski definition) is 2. The van der Waals surface area contributed by atoms with Crippen molar-refractivity contribution >= 4 is 21.9 Å². The summed E-state index contributed by atoms with van der Waals surface area (Å²) in [4.78, 5) is 10.4. The Balaban J connectivity index is 3.17. The third-order valence-electron chi connectivity index (χ3n) is 0.687. The second-order valence-electron chi connectivity index (χ2n) is 2.21. The van der Waals surface area contributed by atoms with Gasteiger partial charge in [-0.2, -0.15) is 0 Å². The minimum absolute atomic E-state index is 0.191. The minimum Gasteiger partial charge on any atom is -0.465 e. The minimum atomic E-state index is -0.191. The van der Waals surface area contributed by atoms with Crippen LogP contribution in [0.5, 0.6) is 0 Å². The summed E-state index contributed by atoms with van der Waals surface area (Å²) in [5, 5.41) is 0.291. The van der Waals surface area contributed by atoms with E-state index in [-0.39, 0.29) is 5.97 Å².